The summed E-state index contributed by atoms with van der Waals surface area (Å²) in [6.07, 6.45) is 0. The summed E-state index contributed by atoms with van der Waals surface area (Å²) in [5.74, 6) is 0.822. The normalized spacial score (nSPS) is 16.6. The van der Waals surface area contributed by atoms with Crippen molar-refractivity contribution >= 4 is 37.3 Å². The Morgan fingerprint density at radius 2 is 1.81 bits per heavy atom. The van der Waals surface area contributed by atoms with Crippen LogP contribution in [0.25, 0.3) is 0 Å². The van der Waals surface area contributed by atoms with Gasteiger partial charge in [-0.2, -0.15) is 4.31 Å². The average Bonchev–Trinajstić information content (AvgIpc) is 3.06. The molecule has 0 aliphatic carbocycles. The van der Waals surface area contributed by atoms with Gasteiger partial charge in [0.25, 0.3) is 0 Å². The van der Waals surface area contributed by atoms with E-state index in [4.69, 9.17) is 9.47 Å². The Hall–Kier alpha value is -1.13. The van der Waals surface area contributed by atoms with Crippen LogP contribution in [0.5, 0.6) is 11.5 Å². The molecule has 2 heterocycles. The van der Waals surface area contributed by atoms with Crippen LogP contribution >= 0.6 is 27.3 Å². The second-order valence-electron chi connectivity index (χ2n) is 5.90. The van der Waals surface area contributed by atoms with Crippen molar-refractivity contribution in [3.05, 3.63) is 39.0 Å². The zero-order chi connectivity index (χ0) is 18.7. The maximum Gasteiger partial charge on any atom is 0.246 e. The summed E-state index contributed by atoms with van der Waals surface area (Å²) in [5, 5.41) is 0. The molecule has 0 saturated carbocycles. The van der Waals surface area contributed by atoms with E-state index in [2.05, 4.69) is 26.9 Å². The Labute approximate surface area is 166 Å². The molecular formula is C17H21BrN2O4S2. The molecule has 0 bridgehead atoms. The molecule has 3 rings (SSSR count). The molecule has 26 heavy (non-hydrogen) atoms. The van der Waals surface area contributed by atoms with E-state index < -0.39 is 10.0 Å². The summed E-state index contributed by atoms with van der Waals surface area (Å²) >= 11 is 5.18. The quantitative estimate of drug-likeness (QED) is 0.662. The molecule has 142 valence electrons. The van der Waals surface area contributed by atoms with Crippen molar-refractivity contribution in [1.82, 2.24) is 9.21 Å². The molecule has 0 N–H and O–H groups in total. The fourth-order valence-electron chi connectivity index (χ4n) is 2.91. The van der Waals surface area contributed by atoms with Crippen LogP contribution in [0.1, 0.15) is 4.88 Å². The van der Waals surface area contributed by atoms with Gasteiger partial charge >= 0.3 is 0 Å². The SMILES string of the molecule is COc1ccc(OC)c(S(=O)(=O)N2CCN(Cc3ccc(Br)s3)CC2)c1. The van der Waals surface area contributed by atoms with Gasteiger partial charge in [0.2, 0.25) is 10.0 Å². The van der Waals surface area contributed by atoms with Gasteiger partial charge in [0.15, 0.2) is 0 Å². The van der Waals surface area contributed by atoms with Crippen molar-refractivity contribution in [2.45, 2.75) is 11.4 Å². The van der Waals surface area contributed by atoms with E-state index in [9.17, 15) is 8.42 Å². The van der Waals surface area contributed by atoms with Gasteiger partial charge in [-0.25, -0.2) is 8.42 Å². The molecule has 0 amide bonds. The summed E-state index contributed by atoms with van der Waals surface area (Å²) in [4.78, 5) is 3.69. The van der Waals surface area contributed by atoms with Crippen molar-refractivity contribution in [2.24, 2.45) is 0 Å². The van der Waals surface area contributed by atoms with Gasteiger partial charge in [0.05, 0.1) is 18.0 Å². The fourth-order valence-corrected chi connectivity index (χ4v) is 6.03. The molecule has 6 nitrogen and oxygen atoms in total. The highest BCUT2D eigenvalue weighted by Crippen LogP contribution is 2.31. The first-order valence-electron chi connectivity index (χ1n) is 8.13. The van der Waals surface area contributed by atoms with Crippen molar-refractivity contribution < 1.29 is 17.9 Å². The van der Waals surface area contributed by atoms with Gasteiger partial charge < -0.3 is 9.47 Å². The molecule has 1 aromatic carbocycles. The molecule has 1 aromatic heterocycles. The van der Waals surface area contributed by atoms with Gasteiger partial charge in [-0.3, -0.25) is 4.90 Å². The molecule has 1 fully saturated rings. The summed E-state index contributed by atoms with van der Waals surface area (Å²) in [6, 6.07) is 8.96. The number of rotatable bonds is 6. The van der Waals surface area contributed by atoms with Crippen LogP contribution in [-0.2, 0) is 16.6 Å². The molecule has 1 aliphatic rings. The molecular weight excluding hydrogens is 440 g/mol. The predicted molar refractivity (Wildman–Crippen MR) is 106 cm³/mol. The van der Waals surface area contributed by atoms with Crippen molar-refractivity contribution in [2.75, 3.05) is 40.4 Å². The van der Waals surface area contributed by atoms with Gasteiger partial charge in [-0.1, -0.05) is 0 Å². The monoisotopic (exact) mass is 460 g/mol. The third kappa shape index (κ3) is 4.23. The van der Waals surface area contributed by atoms with Gasteiger partial charge in [-0.05, 0) is 40.2 Å². The van der Waals surface area contributed by atoms with Crippen molar-refractivity contribution in [3.8, 4) is 11.5 Å². The van der Waals surface area contributed by atoms with Crippen molar-refractivity contribution in [3.63, 3.8) is 0 Å². The maximum absolute atomic E-state index is 13.1. The highest BCUT2D eigenvalue weighted by molar-refractivity contribution is 9.11. The highest BCUT2D eigenvalue weighted by Gasteiger charge is 2.31. The number of methoxy groups -OCH3 is 2. The summed E-state index contributed by atoms with van der Waals surface area (Å²) in [5.41, 5.74) is 0. The van der Waals surface area contributed by atoms with Crippen LogP contribution in [0.2, 0.25) is 0 Å². The van der Waals surface area contributed by atoms with Crippen molar-refractivity contribution in [1.29, 1.82) is 0 Å². The number of hydrogen-bond donors (Lipinski definition) is 0. The lowest BCUT2D eigenvalue weighted by Crippen LogP contribution is -2.48. The fraction of sp³-hybridized carbons (Fsp3) is 0.412. The first-order chi connectivity index (χ1) is 12.4. The number of halogens is 1. The van der Waals surface area contributed by atoms with Crippen LogP contribution in [0.4, 0.5) is 0 Å². The molecule has 2 aromatic rings. The largest absolute Gasteiger partial charge is 0.497 e. The minimum Gasteiger partial charge on any atom is -0.497 e. The molecule has 1 aliphatic heterocycles. The zero-order valence-electron chi connectivity index (χ0n) is 14.6. The number of nitrogens with zero attached hydrogens (tertiary/aromatic N) is 2. The van der Waals surface area contributed by atoms with E-state index in [0.29, 0.717) is 37.7 Å². The Bertz CT molecular complexity index is 861. The molecule has 9 heteroatoms. The molecule has 0 radical (unpaired) electrons. The van der Waals surface area contributed by atoms with Gasteiger partial charge in [0.1, 0.15) is 16.4 Å². The topological polar surface area (TPSA) is 59.1 Å². The molecule has 0 atom stereocenters. The number of hydrogen-bond acceptors (Lipinski definition) is 6. The first kappa shape index (κ1) is 19.6. The Morgan fingerprint density at radius 3 is 2.38 bits per heavy atom. The summed E-state index contributed by atoms with van der Waals surface area (Å²) in [6.45, 7) is 3.14. The van der Waals surface area contributed by atoms with Crippen LogP contribution in [-0.4, -0.2) is 58.0 Å². The highest BCUT2D eigenvalue weighted by atomic mass is 79.9. The smallest absolute Gasteiger partial charge is 0.246 e. The Morgan fingerprint density at radius 1 is 1.08 bits per heavy atom. The number of piperazine rings is 1. The summed E-state index contributed by atoms with van der Waals surface area (Å²) in [7, 11) is -0.649. The Kier molecular flexibility index (Phi) is 6.24. The van der Waals surface area contributed by atoms with E-state index in [1.807, 2.05) is 6.07 Å². The van der Waals surface area contributed by atoms with Gasteiger partial charge in [-0.15, -0.1) is 11.3 Å². The lowest BCUT2D eigenvalue weighted by molar-refractivity contribution is 0.182. The minimum atomic E-state index is -3.63. The second kappa shape index (κ2) is 8.26. The standard InChI is InChI=1S/C17H21BrN2O4S2/c1-23-13-3-5-15(24-2)16(11-13)26(21,22)20-9-7-19(8-10-20)12-14-4-6-17(18)25-14/h3-6,11H,7-10,12H2,1-2H3. The third-order valence-corrected chi connectivity index (χ3v) is 7.86. The second-order valence-corrected chi connectivity index (χ2v) is 10.4. The molecule has 0 unspecified atom stereocenters. The van der Waals surface area contributed by atoms with Gasteiger partial charge in [0, 0.05) is 43.7 Å². The Balaban J connectivity index is 1.72. The van der Waals surface area contributed by atoms with E-state index in [0.717, 1.165) is 10.3 Å². The number of sulfonamides is 1. The van der Waals surface area contributed by atoms with E-state index >= 15 is 0 Å². The lowest BCUT2D eigenvalue weighted by Gasteiger charge is -2.34. The number of ether oxygens (including phenoxy) is 2. The van der Waals surface area contributed by atoms with Crippen LogP contribution in [0.15, 0.2) is 39.0 Å². The molecule has 0 spiro atoms. The van der Waals surface area contributed by atoms with Crippen LogP contribution in [0, 0.1) is 0 Å². The zero-order valence-corrected chi connectivity index (χ0v) is 17.9. The average molecular weight is 461 g/mol. The molecule has 1 saturated heterocycles. The van der Waals surface area contributed by atoms with Crippen LogP contribution < -0.4 is 9.47 Å². The van der Waals surface area contributed by atoms with E-state index in [1.165, 1.54) is 29.5 Å². The number of benzene rings is 1. The first-order valence-corrected chi connectivity index (χ1v) is 11.2. The van der Waals surface area contributed by atoms with Crippen LogP contribution in [0.3, 0.4) is 0 Å². The summed E-state index contributed by atoms with van der Waals surface area (Å²) < 4.78 is 39.2. The van der Waals surface area contributed by atoms with E-state index in [-0.39, 0.29) is 4.90 Å². The third-order valence-electron chi connectivity index (χ3n) is 4.33. The van der Waals surface area contributed by atoms with E-state index in [1.54, 1.807) is 23.5 Å². The maximum atomic E-state index is 13.1. The minimum absolute atomic E-state index is 0.148. The number of thiophene rings is 1. The predicted octanol–water partition coefficient (Wildman–Crippen LogP) is 3.03. The lowest BCUT2D eigenvalue weighted by atomic mass is 10.3.